The van der Waals surface area contributed by atoms with E-state index in [-0.39, 0.29) is 0 Å². The van der Waals surface area contributed by atoms with Gasteiger partial charge < -0.3 is 10.2 Å². The summed E-state index contributed by atoms with van der Waals surface area (Å²) in [4.78, 5) is 2.30. The Kier molecular flexibility index (Phi) is 3.94. The molecule has 4 heteroatoms. The van der Waals surface area contributed by atoms with Crippen LogP contribution < -0.4 is 10.2 Å². The third kappa shape index (κ3) is 3.16. The predicted octanol–water partition coefficient (Wildman–Crippen LogP) is 1.47. The van der Waals surface area contributed by atoms with Gasteiger partial charge in [-0.25, -0.2) is 0 Å². The van der Waals surface area contributed by atoms with Gasteiger partial charge >= 0.3 is 0 Å². The zero-order valence-corrected chi connectivity index (χ0v) is 11.0. The second-order valence-electron chi connectivity index (χ2n) is 5.20. The standard InChI is InChI=1S/C13H22N4/c1-10(2)8-11-4-5-13(16-15-11)17-7-6-12(9-17)14-3/h4-5,10,12,14H,6-9H2,1-3H3. The van der Waals surface area contributed by atoms with Crippen molar-refractivity contribution < 1.29 is 0 Å². The smallest absolute Gasteiger partial charge is 0.151 e. The van der Waals surface area contributed by atoms with Gasteiger partial charge in [-0.1, -0.05) is 13.8 Å². The highest BCUT2D eigenvalue weighted by molar-refractivity contribution is 5.39. The fraction of sp³-hybridized carbons (Fsp3) is 0.692. The Morgan fingerprint density at radius 1 is 1.41 bits per heavy atom. The first-order valence-corrected chi connectivity index (χ1v) is 6.44. The summed E-state index contributed by atoms with van der Waals surface area (Å²) in [6.07, 6.45) is 2.19. The monoisotopic (exact) mass is 234 g/mol. The second kappa shape index (κ2) is 5.45. The zero-order valence-electron chi connectivity index (χ0n) is 11.0. The maximum absolute atomic E-state index is 4.33. The molecule has 17 heavy (non-hydrogen) atoms. The molecular formula is C13H22N4. The van der Waals surface area contributed by atoms with Gasteiger partial charge in [-0.15, -0.1) is 5.10 Å². The van der Waals surface area contributed by atoms with Crippen LogP contribution in [0.4, 0.5) is 5.82 Å². The highest BCUT2D eigenvalue weighted by Crippen LogP contribution is 2.17. The van der Waals surface area contributed by atoms with E-state index in [1.165, 1.54) is 6.42 Å². The molecule has 1 aliphatic rings. The average molecular weight is 234 g/mol. The minimum atomic E-state index is 0.590. The Morgan fingerprint density at radius 3 is 2.76 bits per heavy atom. The van der Waals surface area contributed by atoms with Crippen molar-refractivity contribution in [2.75, 3.05) is 25.0 Å². The summed E-state index contributed by atoms with van der Waals surface area (Å²) >= 11 is 0. The lowest BCUT2D eigenvalue weighted by molar-refractivity contribution is 0.615. The zero-order chi connectivity index (χ0) is 12.3. The second-order valence-corrected chi connectivity index (χ2v) is 5.20. The minimum Gasteiger partial charge on any atom is -0.354 e. The maximum atomic E-state index is 4.33. The average Bonchev–Trinajstić information content (AvgIpc) is 2.78. The SMILES string of the molecule is CNC1CCN(c2ccc(CC(C)C)nn2)C1. The van der Waals surface area contributed by atoms with E-state index in [4.69, 9.17) is 0 Å². The molecule has 0 saturated carbocycles. The molecule has 1 aromatic heterocycles. The Bertz CT molecular complexity index is 347. The molecule has 1 aromatic rings. The van der Waals surface area contributed by atoms with Crippen molar-refractivity contribution in [1.29, 1.82) is 0 Å². The number of nitrogens with zero attached hydrogens (tertiary/aromatic N) is 3. The summed E-state index contributed by atoms with van der Waals surface area (Å²) in [5, 5.41) is 11.9. The molecule has 1 N–H and O–H groups in total. The number of nitrogens with one attached hydrogen (secondary N) is 1. The summed E-state index contributed by atoms with van der Waals surface area (Å²) in [5.41, 5.74) is 1.09. The lowest BCUT2D eigenvalue weighted by atomic mass is 10.1. The molecule has 2 rings (SSSR count). The van der Waals surface area contributed by atoms with Gasteiger partial charge in [0.2, 0.25) is 0 Å². The number of hydrogen-bond donors (Lipinski definition) is 1. The van der Waals surface area contributed by atoms with E-state index in [0.29, 0.717) is 12.0 Å². The molecule has 0 aromatic carbocycles. The summed E-state index contributed by atoms with van der Waals surface area (Å²) in [6, 6.07) is 4.80. The highest BCUT2D eigenvalue weighted by Gasteiger charge is 2.22. The molecule has 1 atom stereocenters. The van der Waals surface area contributed by atoms with E-state index in [9.17, 15) is 0 Å². The van der Waals surface area contributed by atoms with Crippen molar-refractivity contribution >= 4 is 5.82 Å². The van der Waals surface area contributed by atoms with Crippen molar-refractivity contribution in [2.24, 2.45) is 5.92 Å². The first-order valence-electron chi connectivity index (χ1n) is 6.44. The molecule has 2 heterocycles. The maximum Gasteiger partial charge on any atom is 0.151 e. The highest BCUT2D eigenvalue weighted by atomic mass is 15.3. The number of anilines is 1. The summed E-state index contributed by atoms with van der Waals surface area (Å²) in [6.45, 7) is 6.51. The molecule has 0 radical (unpaired) electrons. The van der Waals surface area contributed by atoms with Crippen molar-refractivity contribution in [1.82, 2.24) is 15.5 Å². The molecule has 4 nitrogen and oxygen atoms in total. The number of hydrogen-bond acceptors (Lipinski definition) is 4. The van der Waals surface area contributed by atoms with Crippen LogP contribution in [0.1, 0.15) is 26.0 Å². The third-order valence-electron chi connectivity index (χ3n) is 3.24. The van der Waals surface area contributed by atoms with E-state index in [2.05, 4.69) is 46.4 Å². The Labute approximate surface area is 103 Å². The Morgan fingerprint density at radius 2 is 2.24 bits per heavy atom. The minimum absolute atomic E-state index is 0.590. The largest absolute Gasteiger partial charge is 0.354 e. The Hall–Kier alpha value is -1.16. The molecule has 0 bridgehead atoms. The van der Waals surface area contributed by atoms with Crippen molar-refractivity contribution in [3.8, 4) is 0 Å². The first-order chi connectivity index (χ1) is 8.19. The molecular weight excluding hydrogens is 212 g/mol. The normalized spacial score (nSPS) is 20.2. The molecule has 1 saturated heterocycles. The van der Waals surface area contributed by atoms with E-state index in [0.717, 1.165) is 31.0 Å². The summed E-state index contributed by atoms with van der Waals surface area (Å²) in [7, 11) is 2.02. The number of likely N-dealkylation sites (N-methyl/N-ethyl adjacent to an activating group) is 1. The van der Waals surface area contributed by atoms with Gasteiger partial charge in [0, 0.05) is 19.1 Å². The fourth-order valence-electron chi connectivity index (χ4n) is 2.25. The van der Waals surface area contributed by atoms with E-state index in [1.54, 1.807) is 0 Å². The Balaban J connectivity index is 1.98. The van der Waals surface area contributed by atoms with Crippen LogP contribution in [0.2, 0.25) is 0 Å². The number of aromatic nitrogens is 2. The van der Waals surface area contributed by atoms with E-state index >= 15 is 0 Å². The van der Waals surface area contributed by atoms with Crippen molar-refractivity contribution in [3.05, 3.63) is 17.8 Å². The summed E-state index contributed by atoms with van der Waals surface area (Å²) in [5.74, 6) is 1.64. The molecule has 0 aliphatic carbocycles. The lowest BCUT2D eigenvalue weighted by Crippen LogP contribution is -2.30. The van der Waals surface area contributed by atoms with E-state index in [1.807, 2.05) is 7.05 Å². The predicted molar refractivity (Wildman–Crippen MR) is 70.3 cm³/mol. The van der Waals surface area contributed by atoms with Gasteiger partial charge in [0.05, 0.1) is 5.69 Å². The van der Waals surface area contributed by atoms with Crippen LogP contribution in [0.3, 0.4) is 0 Å². The molecule has 0 spiro atoms. The number of rotatable bonds is 4. The van der Waals surface area contributed by atoms with Crippen LogP contribution in [0.5, 0.6) is 0 Å². The van der Waals surface area contributed by atoms with Crippen LogP contribution in [-0.4, -0.2) is 36.4 Å². The lowest BCUT2D eigenvalue weighted by Gasteiger charge is -2.16. The van der Waals surface area contributed by atoms with Crippen molar-refractivity contribution in [3.63, 3.8) is 0 Å². The molecule has 1 aliphatic heterocycles. The van der Waals surface area contributed by atoms with Gasteiger partial charge in [0.15, 0.2) is 5.82 Å². The van der Waals surface area contributed by atoms with Gasteiger partial charge in [-0.2, -0.15) is 5.10 Å². The topological polar surface area (TPSA) is 41.0 Å². The van der Waals surface area contributed by atoms with Gasteiger partial charge in [0.25, 0.3) is 0 Å². The first kappa shape index (κ1) is 12.3. The molecule has 94 valence electrons. The van der Waals surface area contributed by atoms with Gasteiger partial charge in [-0.3, -0.25) is 0 Å². The van der Waals surface area contributed by atoms with Gasteiger partial charge in [-0.05, 0) is 37.9 Å². The molecule has 1 fully saturated rings. The van der Waals surface area contributed by atoms with Crippen LogP contribution in [0.15, 0.2) is 12.1 Å². The van der Waals surface area contributed by atoms with Crippen LogP contribution >= 0.6 is 0 Å². The molecule has 0 amide bonds. The van der Waals surface area contributed by atoms with Gasteiger partial charge in [0.1, 0.15) is 0 Å². The van der Waals surface area contributed by atoms with Crippen molar-refractivity contribution in [2.45, 2.75) is 32.7 Å². The van der Waals surface area contributed by atoms with Crippen LogP contribution in [-0.2, 0) is 6.42 Å². The molecule has 1 unspecified atom stereocenters. The quantitative estimate of drug-likeness (QED) is 0.856. The van der Waals surface area contributed by atoms with E-state index < -0.39 is 0 Å². The third-order valence-corrected chi connectivity index (χ3v) is 3.24. The fourth-order valence-corrected chi connectivity index (χ4v) is 2.25. The summed E-state index contributed by atoms with van der Waals surface area (Å²) < 4.78 is 0. The van der Waals surface area contributed by atoms with Crippen LogP contribution in [0.25, 0.3) is 0 Å². The van der Waals surface area contributed by atoms with Crippen LogP contribution in [0, 0.1) is 5.92 Å².